The summed E-state index contributed by atoms with van der Waals surface area (Å²) in [5.41, 5.74) is 1.06. The highest BCUT2D eigenvalue weighted by Gasteiger charge is 2.43. The Labute approximate surface area is 121 Å². The smallest absolute Gasteiger partial charge is 0.226 e. The van der Waals surface area contributed by atoms with Gasteiger partial charge in [-0.1, -0.05) is 44.2 Å². The molecule has 1 N–H and O–H groups in total. The molecule has 3 nitrogen and oxygen atoms in total. The van der Waals surface area contributed by atoms with E-state index in [1.807, 2.05) is 18.2 Å². The van der Waals surface area contributed by atoms with Gasteiger partial charge in [-0.2, -0.15) is 0 Å². The molecule has 1 aliphatic rings. The molecule has 0 saturated carbocycles. The molecule has 0 spiro atoms. The van der Waals surface area contributed by atoms with Crippen molar-refractivity contribution in [2.45, 2.75) is 52.2 Å². The molecule has 1 saturated heterocycles. The number of hydrogen-bond donors (Lipinski definition) is 1. The fourth-order valence-corrected chi connectivity index (χ4v) is 2.98. The second-order valence-electron chi connectivity index (χ2n) is 5.69. The van der Waals surface area contributed by atoms with E-state index >= 15 is 0 Å². The highest BCUT2D eigenvalue weighted by molar-refractivity contribution is 5.85. The molecule has 0 aromatic heterocycles. The molecule has 1 atom stereocenters. The Morgan fingerprint density at radius 3 is 2.55 bits per heavy atom. The minimum atomic E-state index is -0.135. The van der Waals surface area contributed by atoms with Crippen molar-refractivity contribution >= 4 is 5.91 Å². The molecular formula is C17H25NO2. The standard InChI is InChI=1S/C17H25NO2/c1-3-17(4-2)12-15(18-16(17)19)10-11-20-13-14-8-6-5-7-9-14/h5-9,15H,3-4,10-13H2,1-2H3,(H,18,19). The van der Waals surface area contributed by atoms with Gasteiger partial charge in [0, 0.05) is 12.6 Å². The Kier molecular flexibility index (Phi) is 5.18. The summed E-state index contributed by atoms with van der Waals surface area (Å²) in [6.07, 6.45) is 3.71. The van der Waals surface area contributed by atoms with Crippen LogP contribution in [-0.2, 0) is 16.1 Å². The molecule has 20 heavy (non-hydrogen) atoms. The van der Waals surface area contributed by atoms with Crippen LogP contribution in [0.5, 0.6) is 0 Å². The van der Waals surface area contributed by atoms with Crippen molar-refractivity contribution in [2.75, 3.05) is 6.61 Å². The van der Waals surface area contributed by atoms with Crippen LogP contribution < -0.4 is 5.32 Å². The van der Waals surface area contributed by atoms with Gasteiger partial charge >= 0.3 is 0 Å². The SMILES string of the molecule is CCC1(CC)CC(CCOCc2ccccc2)NC1=O. The summed E-state index contributed by atoms with van der Waals surface area (Å²) in [6, 6.07) is 10.5. The lowest BCUT2D eigenvalue weighted by molar-refractivity contribution is -0.128. The van der Waals surface area contributed by atoms with Crippen LogP contribution in [0.25, 0.3) is 0 Å². The molecule has 1 unspecified atom stereocenters. The molecule has 1 aromatic rings. The third-order valence-electron chi connectivity index (χ3n) is 4.53. The van der Waals surface area contributed by atoms with Crippen molar-refractivity contribution in [3.05, 3.63) is 35.9 Å². The Balaban J connectivity index is 1.72. The zero-order valence-corrected chi connectivity index (χ0v) is 12.5. The summed E-state index contributed by atoms with van der Waals surface area (Å²) in [4.78, 5) is 12.1. The number of amides is 1. The summed E-state index contributed by atoms with van der Waals surface area (Å²) in [7, 11) is 0. The number of nitrogens with one attached hydrogen (secondary N) is 1. The highest BCUT2D eigenvalue weighted by atomic mass is 16.5. The van der Waals surface area contributed by atoms with E-state index < -0.39 is 0 Å². The number of carbonyl (C=O) groups is 1. The normalized spacial score (nSPS) is 20.9. The maximum atomic E-state index is 12.1. The van der Waals surface area contributed by atoms with Crippen molar-refractivity contribution in [3.63, 3.8) is 0 Å². The molecule has 2 rings (SSSR count). The summed E-state index contributed by atoms with van der Waals surface area (Å²) in [5, 5.41) is 3.13. The summed E-state index contributed by atoms with van der Waals surface area (Å²) >= 11 is 0. The van der Waals surface area contributed by atoms with Crippen molar-refractivity contribution in [3.8, 4) is 0 Å². The largest absolute Gasteiger partial charge is 0.377 e. The van der Waals surface area contributed by atoms with E-state index in [2.05, 4.69) is 31.3 Å². The van der Waals surface area contributed by atoms with Gasteiger partial charge in [-0.3, -0.25) is 4.79 Å². The molecule has 1 aromatic carbocycles. The van der Waals surface area contributed by atoms with E-state index in [0.29, 0.717) is 13.2 Å². The molecule has 0 bridgehead atoms. The first-order chi connectivity index (χ1) is 9.70. The van der Waals surface area contributed by atoms with Gasteiger partial charge in [-0.25, -0.2) is 0 Å². The van der Waals surface area contributed by atoms with E-state index in [9.17, 15) is 4.79 Å². The monoisotopic (exact) mass is 275 g/mol. The fraction of sp³-hybridized carbons (Fsp3) is 0.588. The molecule has 1 heterocycles. The molecule has 0 radical (unpaired) electrons. The number of hydrogen-bond acceptors (Lipinski definition) is 2. The van der Waals surface area contributed by atoms with E-state index in [-0.39, 0.29) is 17.4 Å². The predicted octanol–water partition coefficient (Wildman–Crippen LogP) is 3.29. The van der Waals surface area contributed by atoms with E-state index in [1.54, 1.807) is 0 Å². The fourth-order valence-electron chi connectivity index (χ4n) is 2.98. The van der Waals surface area contributed by atoms with Crippen LogP contribution >= 0.6 is 0 Å². The van der Waals surface area contributed by atoms with Gasteiger partial charge in [-0.15, -0.1) is 0 Å². The lowest BCUT2D eigenvalue weighted by Gasteiger charge is -2.22. The minimum absolute atomic E-state index is 0.135. The van der Waals surface area contributed by atoms with Gasteiger partial charge < -0.3 is 10.1 Å². The van der Waals surface area contributed by atoms with Crippen LogP contribution in [0.3, 0.4) is 0 Å². The van der Waals surface area contributed by atoms with Gasteiger partial charge in [0.2, 0.25) is 5.91 Å². The van der Waals surface area contributed by atoms with Gasteiger partial charge in [0.1, 0.15) is 0 Å². The molecule has 1 amide bonds. The molecule has 110 valence electrons. The molecule has 1 aliphatic heterocycles. The van der Waals surface area contributed by atoms with Crippen LogP contribution in [-0.4, -0.2) is 18.6 Å². The highest BCUT2D eigenvalue weighted by Crippen LogP contribution is 2.37. The molecule has 1 fully saturated rings. The summed E-state index contributed by atoms with van der Waals surface area (Å²) < 4.78 is 5.70. The molecule has 0 aliphatic carbocycles. The van der Waals surface area contributed by atoms with Crippen LogP contribution in [0, 0.1) is 5.41 Å². The second kappa shape index (κ2) is 6.89. The first-order valence-electron chi connectivity index (χ1n) is 7.63. The summed E-state index contributed by atoms with van der Waals surface area (Å²) in [6.45, 7) is 5.56. The van der Waals surface area contributed by atoms with Gasteiger partial charge in [0.25, 0.3) is 0 Å². The Morgan fingerprint density at radius 2 is 1.95 bits per heavy atom. The van der Waals surface area contributed by atoms with E-state index in [4.69, 9.17) is 4.74 Å². The van der Waals surface area contributed by atoms with Crippen molar-refractivity contribution in [1.29, 1.82) is 0 Å². The zero-order chi connectivity index (χ0) is 14.4. The van der Waals surface area contributed by atoms with Crippen molar-refractivity contribution in [1.82, 2.24) is 5.32 Å². The van der Waals surface area contributed by atoms with Crippen LogP contribution in [0.15, 0.2) is 30.3 Å². The minimum Gasteiger partial charge on any atom is -0.377 e. The van der Waals surface area contributed by atoms with Gasteiger partial charge in [-0.05, 0) is 31.2 Å². The third kappa shape index (κ3) is 3.40. The topological polar surface area (TPSA) is 38.3 Å². The van der Waals surface area contributed by atoms with Crippen molar-refractivity contribution in [2.24, 2.45) is 5.41 Å². The Bertz CT molecular complexity index is 426. The maximum absolute atomic E-state index is 12.1. The second-order valence-corrected chi connectivity index (χ2v) is 5.69. The van der Waals surface area contributed by atoms with Crippen LogP contribution in [0.1, 0.15) is 45.1 Å². The van der Waals surface area contributed by atoms with E-state index in [0.717, 1.165) is 25.7 Å². The Hall–Kier alpha value is -1.35. The van der Waals surface area contributed by atoms with Gasteiger partial charge in [0.15, 0.2) is 0 Å². The number of benzene rings is 1. The first kappa shape index (κ1) is 15.0. The average Bonchev–Trinajstić information content (AvgIpc) is 2.81. The average molecular weight is 275 g/mol. The third-order valence-corrected chi connectivity index (χ3v) is 4.53. The Morgan fingerprint density at radius 1 is 1.25 bits per heavy atom. The maximum Gasteiger partial charge on any atom is 0.226 e. The zero-order valence-electron chi connectivity index (χ0n) is 12.5. The number of rotatable bonds is 7. The molecular weight excluding hydrogens is 250 g/mol. The van der Waals surface area contributed by atoms with Crippen molar-refractivity contribution < 1.29 is 9.53 Å². The van der Waals surface area contributed by atoms with Crippen LogP contribution in [0.4, 0.5) is 0 Å². The summed E-state index contributed by atoms with van der Waals surface area (Å²) in [5.74, 6) is 0.232. The first-order valence-corrected chi connectivity index (χ1v) is 7.63. The quantitative estimate of drug-likeness (QED) is 0.775. The predicted molar refractivity (Wildman–Crippen MR) is 80.3 cm³/mol. The van der Waals surface area contributed by atoms with E-state index in [1.165, 1.54) is 5.56 Å². The number of ether oxygens (including phenoxy) is 1. The van der Waals surface area contributed by atoms with Gasteiger partial charge in [0.05, 0.1) is 12.0 Å². The van der Waals surface area contributed by atoms with Crippen LogP contribution in [0.2, 0.25) is 0 Å². The molecule has 3 heteroatoms. The lowest BCUT2D eigenvalue weighted by Crippen LogP contribution is -2.31. The number of carbonyl (C=O) groups excluding carboxylic acids is 1. The lowest BCUT2D eigenvalue weighted by atomic mass is 9.79.